The van der Waals surface area contributed by atoms with Crippen LogP contribution in [0, 0.1) is 0 Å². The summed E-state index contributed by atoms with van der Waals surface area (Å²) in [5, 5.41) is 4.54. The van der Waals surface area contributed by atoms with E-state index < -0.39 is 0 Å². The number of aromatic nitrogens is 2. The minimum atomic E-state index is 0.749. The summed E-state index contributed by atoms with van der Waals surface area (Å²) in [6.07, 6.45) is 1.99. The lowest BCUT2D eigenvalue weighted by Crippen LogP contribution is -1.99. The van der Waals surface area contributed by atoms with Gasteiger partial charge in [-0.05, 0) is 24.6 Å². The van der Waals surface area contributed by atoms with Crippen molar-refractivity contribution in [3.05, 3.63) is 32.7 Å². The zero-order valence-corrected chi connectivity index (χ0v) is 13.5. The molecule has 96 valence electrons. The van der Waals surface area contributed by atoms with Crippen molar-refractivity contribution in [3.63, 3.8) is 0 Å². The Kier molecular flexibility index (Phi) is 4.12. The zero-order valence-electron chi connectivity index (χ0n) is 10.4. The number of hydrogen-bond acceptors (Lipinski definition) is 2. The highest BCUT2D eigenvalue weighted by atomic mass is 79.9. The van der Waals surface area contributed by atoms with Crippen LogP contribution in [0.2, 0.25) is 0 Å². The molecule has 0 bridgehead atoms. The van der Waals surface area contributed by atoms with Crippen LogP contribution < -0.4 is 5.73 Å². The quantitative estimate of drug-likeness (QED) is 0.879. The lowest BCUT2D eigenvalue weighted by atomic mass is 10.0. The third-order valence-electron chi connectivity index (χ3n) is 2.88. The highest BCUT2D eigenvalue weighted by Crippen LogP contribution is 2.34. The summed E-state index contributed by atoms with van der Waals surface area (Å²) in [5.74, 6) is 0.749. The molecule has 5 heteroatoms. The maximum absolute atomic E-state index is 6.09. The summed E-state index contributed by atoms with van der Waals surface area (Å²) in [4.78, 5) is 0. The first-order valence-electron chi connectivity index (χ1n) is 5.81. The van der Waals surface area contributed by atoms with Gasteiger partial charge in [-0.2, -0.15) is 5.10 Å². The van der Waals surface area contributed by atoms with Crippen LogP contribution in [0.15, 0.2) is 27.1 Å². The zero-order chi connectivity index (χ0) is 13.3. The van der Waals surface area contributed by atoms with Crippen LogP contribution in [0.1, 0.15) is 18.9 Å². The van der Waals surface area contributed by atoms with Crippen molar-refractivity contribution in [1.82, 2.24) is 9.78 Å². The van der Waals surface area contributed by atoms with E-state index in [1.807, 2.05) is 19.2 Å². The molecular weight excluding hydrogens is 358 g/mol. The van der Waals surface area contributed by atoms with E-state index >= 15 is 0 Å². The van der Waals surface area contributed by atoms with Crippen molar-refractivity contribution >= 4 is 37.7 Å². The van der Waals surface area contributed by atoms with Crippen LogP contribution in [0.4, 0.5) is 5.82 Å². The summed E-state index contributed by atoms with van der Waals surface area (Å²) in [5.41, 5.74) is 9.24. The van der Waals surface area contributed by atoms with Gasteiger partial charge in [-0.3, -0.25) is 4.68 Å². The molecule has 0 aliphatic heterocycles. The Hall–Kier alpha value is -0.810. The maximum atomic E-state index is 6.09. The second kappa shape index (κ2) is 5.45. The summed E-state index contributed by atoms with van der Waals surface area (Å²) >= 11 is 7.07. The molecule has 1 heterocycles. The highest BCUT2D eigenvalue weighted by Gasteiger charge is 2.16. The first kappa shape index (κ1) is 13.6. The third-order valence-corrected chi connectivity index (χ3v) is 4.06. The van der Waals surface area contributed by atoms with E-state index in [9.17, 15) is 0 Å². The highest BCUT2D eigenvalue weighted by molar-refractivity contribution is 9.11. The predicted octanol–water partition coefficient (Wildman–Crippen LogP) is 4.15. The molecule has 0 fully saturated rings. The molecule has 0 amide bonds. The number of rotatable bonds is 3. The summed E-state index contributed by atoms with van der Waals surface area (Å²) < 4.78 is 3.81. The molecular formula is C13H15Br2N3. The molecule has 0 radical (unpaired) electrons. The summed E-state index contributed by atoms with van der Waals surface area (Å²) in [6.45, 7) is 2.15. The minimum Gasteiger partial charge on any atom is -0.384 e. The topological polar surface area (TPSA) is 43.8 Å². The number of aryl methyl sites for hydroxylation is 1. The van der Waals surface area contributed by atoms with Gasteiger partial charge in [-0.15, -0.1) is 0 Å². The molecule has 2 N–H and O–H groups in total. The van der Waals surface area contributed by atoms with Crippen LogP contribution in [-0.2, 0) is 13.5 Å². The van der Waals surface area contributed by atoms with E-state index in [-0.39, 0.29) is 0 Å². The van der Waals surface area contributed by atoms with Gasteiger partial charge >= 0.3 is 0 Å². The lowest BCUT2D eigenvalue weighted by Gasteiger charge is -2.05. The smallest absolute Gasteiger partial charge is 0.125 e. The van der Waals surface area contributed by atoms with Gasteiger partial charge in [-0.1, -0.05) is 45.2 Å². The standard InChI is InChI=1S/C13H15Br2N3/c1-3-4-9-12(17-18(2)13(9)16)10-7-8(14)5-6-11(10)15/h5-7H,3-4,16H2,1-2H3. The van der Waals surface area contributed by atoms with Crippen LogP contribution in [0.5, 0.6) is 0 Å². The first-order valence-corrected chi connectivity index (χ1v) is 7.40. The summed E-state index contributed by atoms with van der Waals surface area (Å²) in [6, 6.07) is 6.07. The molecule has 3 nitrogen and oxygen atoms in total. The fraction of sp³-hybridized carbons (Fsp3) is 0.308. The van der Waals surface area contributed by atoms with Gasteiger partial charge in [0.15, 0.2) is 0 Å². The molecule has 0 saturated heterocycles. The number of benzene rings is 1. The number of nitrogen functional groups attached to an aromatic ring is 1. The molecule has 2 rings (SSSR count). The average Bonchev–Trinajstić information content (AvgIpc) is 2.61. The van der Waals surface area contributed by atoms with Crippen molar-refractivity contribution in [3.8, 4) is 11.3 Å². The van der Waals surface area contributed by atoms with Gasteiger partial charge in [0.1, 0.15) is 5.82 Å². The Bertz CT molecular complexity index is 576. The number of hydrogen-bond donors (Lipinski definition) is 1. The maximum Gasteiger partial charge on any atom is 0.125 e. The Balaban J connectivity index is 2.63. The van der Waals surface area contributed by atoms with E-state index in [0.717, 1.165) is 44.4 Å². The van der Waals surface area contributed by atoms with Gasteiger partial charge < -0.3 is 5.73 Å². The monoisotopic (exact) mass is 371 g/mol. The molecule has 18 heavy (non-hydrogen) atoms. The van der Waals surface area contributed by atoms with Gasteiger partial charge in [0.2, 0.25) is 0 Å². The van der Waals surface area contributed by atoms with Crippen LogP contribution in [0.3, 0.4) is 0 Å². The minimum absolute atomic E-state index is 0.749. The van der Waals surface area contributed by atoms with Crippen LogP contribution in [0.25, 0.3) is 11.3 Å². The lowest BCUT2D eigenvalue weighted by molar-refractivity contribution is 0.781. The molecule has 2 aromatic rings. The van der Waals surface area contributed by atoms with E-state index in [1.54, 1.807) is 4.68 Å². The number of anilines is 1. The molecule has 0 atom stereocenters. The molecule has 0 aliphatic rings. The van der Waals surface area contributed by atoms with Crippen molar-refractivity contribution < 1.29 is 0 Å². The van der Waals surface area contributed by atoms with Gasteiger partial charge in [-0.25, -0.2) is 0 Å². The Morgan fingerprint density at radius 2 is 2.06 bits per heavy atom. The number of nitrogens with zero attached hydrogens (tertiary/aromatic N) is 2. The molecule has 1 aromatic heterocycles. The van der Waals surface area contributed by atoms with E-state index in [2.05, 4.69) is 49.9 Å². The van der Waals surface area contributed by atoms with E-state index in [0.29, 0.717) is 0 Å². The Labute approximate surface area is 124 Å². The third kappa shape index (κ3) is 2.47. The Morgan fingerprint density at radius 1 is 1.33 bits per heavy atom. The first-order chi connectivity index (χ1) is 8.54. The van der Waals surface area contributed by atoms with E-state index in [4.69, 9.17) is 5.73 Å². The Morgan fingerprint density at radius 3 is 2.72 bits per heavy atom. The van der Waals surface area contributed by atoms with Crippen LogP contribution >= 0.6 is 31.9 Å². The van der Waals surface area contributed by atoms with Gasteiger partial charge in [0, 0.05) is 27.1 Å². The van der Waals surface area contributed by atoms with Crippen molar-refractivity contribution in [2.45, 2.75) is 19.8 Å². The normalized spacial score (nSPS) is 10.9. The second-order valence-corrected chi connectivity index (χ2v) is 5.98. The van der Waals surface area contributed by atoms with Gasteiger partial charge in [0.25, 0.3) is 0 Å². The number of nitrogens with two attached hydrogens (primary N) is 1. The second-order valence-electron chi connectivity index (χ2n) is 4.21. The molecule has 0 spiro atoms. The molecule has 0 unspecified atom stereocenters. The molecule has 0 saturated carbocycles. The van der Waals surface area contributed by atoms with Crippen molar-refractivity contribution in [1.29, 1.82) is 0 Å². The fourth-order valence-corrected chi connectivity index (χ4v) is 2.77. The molecule has 1 aromatic carbocycles. The van der Waals surface area contributed by atoms with Gasteiger partial charge in [0.05, 0.1) is 5.69 Å². The number of halogens is 2. The SMILES string of the molecule is CCCc1c(-c2cc(Br)ccc2Br)nn(C)c1N. The predicted molar refractivity (Wildman–Crippen MR) is 82.5 cm³/mol. The van der Waals surface area contributed by atoms with Crippen molar-refractivity contribution in [2.75, 3.05) is 5.73 Å². The van der Waals surface area contributed by atoms with Crippen molar-refractivity contribution in [2.24, 2.45) is 7.05 Å². The fourth-order valence-electron chi connectivity index (χ4n) is 1.97. The van der Waals surface area contributed by atoms with E-state index in [1.165, 1.54) is 0 Å². The van der Waals surface area contributed by atoms with Crippen LogP contribution in [-0.4, -0.2) is 9.78 Å². The average molecular weight is 373 g/mol. The molecule has 0 aliphatic carbocycles. The summed E-state index contributed by atoms with van der Waals surface area (Å²) in [7, 11) is 1.88. The largest absolute Gasteiger partial charge is 0.384 e.